The lowest BCUT2D eigenvalue weighted by Crippen LogP contribution is -2.28. The largest absolute Gasteiger partial charge is 0.573 e. The summed E-state index contributed by atoms with van der Waals surface area (Å²) in [6.07, 6.45) is -3.47. The van der Waals surface area contributed by atoms with Gasteiger partial charge in [0, 0.05) is 18.7 Å². The van der Waals surface area contributed by atoms with Gasteiger partial charge in [0.1, 0.15) is 5.75 Å². The first-order valence-electron chi connectivity index (χ1n) is 10.4. The topological polar surface area (TPSA) is 73.2 Å². The van der Waals surface area contributed by atoms with E-state index in [1.54, 1.807) is 0 Å². The third-order valence-corrected chi connectivity index (χ3v) is 6.95. The maximum absolute atomic E-state index is 13.1. The highest BCUT2D eigenvalue weighted by Gasteiger charge is 2.31. The van der Waals surface area contributed by atoms with Gasteiger partial charge >= 0.3 is 6.36 Å². The van der Waals surface area contributed by atoms with Crippen molar-refractivity contribution in [3.8, 4) is 11.4 Å². The van der Waals surface area contributed by atoms with Crippen molar-refractivity contribution in [1.82, 2.24) is 14.9 Å². The predicted octanol–water partition coefficient (Wildman–Crippen LogP) is 4.23. The van der Waals surface area contributed by atoms with Crippen LogP contribution in [-0.2, 0) is 17.6 Å². The van der Waals surface area contributed by atoms with Gasteiger partial charge in [0.05, 0.1) is 22.0 Å². The van der Waals surface area contributed by atoms with Crippen LogP contribution in [0.2, 0.25) is 0 Å². The third-order valence-electron chi connectivity index (χ3n) is 4.91. The average molecular weight is 508 g/mol. The molecule has 0 spiro atoms. The van der Waals surface area contributed by atoms with E-state index in [9.17, 15) is 22.8 Å². The number of ether oxygens (including phenoxy) is 1. The van der Waals surface area contributed by atoms with Gasteiger partial charge in [-0.2, -0.15) is 0 Å². The maximum atomic E-state index is 13.1. The Morgan fingerprint density at radius 1 is 1.15 bits per heavy atom. The lowest BCUT2D eigenvalue weighted by atomic mass is 10.1. The summed E-state index contributed by atoms with van der Waals surface area (Å²) in [4.78, 5) is 30.6. The first-order valence-corrected chi connectivity index (χ1v) is 12.4. The zero-order valence-electron chi connectivity index (χ0n) is 17.8. The molecule has 6 nitrogen and oxygen atoms in total. The van der Waals surface area contributed by atoms with Gasteiger partial charge in [-0.05, 0) is 36.2 Å². The molecule has 0 unspecified atom stereocenters. The number of rotatable bonds is 8. The van der Waals surface area contributed by atoms with E-state index in [1.165, 1.54) is 28.5 Å². The van der Waals surface area contributed by atoms with Gasteiger partial charge in [-0.25, -0.2) is 4.98 Å². The summed E-state index contributed by atoms with van der Waals surface area (Å²) in [7, 11) is 0. The third kappa shape index (κ3) is 6.15. The van der Waals surface area contributed by atoms with E-state index in [-0.39, 0.29) is 23.0 Å². The van der Waals surface area contributed by atoms with Crippen LogP contribution in [0, 0.1) is 0 Å². The van der Waals surface area contributed by atoms with Crippen LogP contribution in [0.1, 0.15) is 11.3 Å². The summed E-state index contributed by atoms with van der Waals surface area (Å²) < 4.78 is 42.7. The Bertz CT molecular complexity index is 1220. The van der Waals surface area contributed by atoms with Crippen LogP contribution in [-0.4, -0.2) is 39.9 Å². The van der Waals surface area contributed by atoms with Gasteiger partial charge in [-0.15, -0.1) is 24.9 Å². The Labute approximate surface area is 201 Å². The van der Waals surface area contributed by atoms with E-state index in [0.717, 1.165) is 35.2 Å². The fourth-order valence-electron chi connectivity index (χ4n) is 3.39. The predicted molar refractivity (Wildman–Crippen MR) is 125 cm³/mol. The lowest BCUT2D eigenvalue weighted by molar-refractivity contribution is -0.274. The Kier molecular flexibility index (Phi) is 7.52. The van der Waals surface area contributed by atoms with Gasteiger partial charge < -0.3 is 10.1 Å². The number of hydrogen-bond acceptors (Lipinski definition) is 6. The Balaban J connectivity index is 1.49. The van der Waals surface area contributed by atoms with Gasteiger partial charge in [0.15, 0.2) is 5.16 Å². The van der Waals surface area contributed by atoms with Crippen molar-refractivity contribution in [2.24, 2.45) is 0 Å². The standard InChI is InChI=1S/C23H20F3N3O3S2/c24-23(25,26)32-17-8-6-16(7-9-17)29-21(31)20-18(11-13-33-20)28-22(29)34-14-19(30)27-12-10-15-4-2-1-3-5-15/h1-9H,10-14H2,(H,27,30). The molecule has 1 N–H and O–H groups in total. The average Bonchev–Trinajstić information content (AvgIpc) is 3.27. The highest BCUT2D eigenvalue weighted by atomic mass is 32.2. The number of thioether (sulfide) groups is 2. The number of aromatic nitrogens is 2. The molecule has 0 aliphatic carbocycles. The number of nitrogens with zero attached hydrogens (tertiary/aromatic N) is 2. The minimum absolute atomic E-state index is 0.0441. The number of benzene rings is 2. The molecule has 34 heavy (non-hydrogen) atoms. The second-order valence-corrected chi connectivity index (χ2v) is 9.37. The molecule has 0 saturated heterocycles. The Hall–Kier alpha value is -2.92. The molecule has 1 aliphatic heterocycles. The molecule has 1 aliphatic rings. The first kappa shape index (κ1) is 24.2. The molecule has 1 amide bonds. The Morgan fingerprint density at radius 2 is 1.88 bits per heavy atom. The molecule has 0 fully saturated rings. The van der Waals surface area contributed by atoms with E-state index < -0.39 is 6.36 Å². The van der Waals surface area contributed by atoms with E-state index in [2.05, 4.69) is 15.0 Å². The van der Waals surface area contributed by atoms with Crippen LogP contribution in [0.5, 0.6) is 5.75 Å². The van der Waals surface area contributed by atoms with Crippen LogP contribution in [0.3, 0.4) is 0 Å². The van der Waals surface area contributed by atoms with Gasteiger partial charge in [0.25, 0.3) is 5.56 Å². The fourth-order valence-corrected chi connectivity index (χ4v) is 5.27. The van der Waals surface area contributed by atoms with E-state index in [0.29, 0.717) is 40.8 Å². The smallest absolute Gasteiger partial charge is 0.406 e. The van der Waals surface area contributed by atoms with Crippen LogP contribution in [0.15, 0.2) is 69.4 Å². The summed E-state index contributed by atoms with van der Waals surface area (Å²) in [5.74, 6) is 0.178. The van der Waals surface area contributed by atoms with Crippen molar-refractivity contribution < 1.29 is 22.7 Å². The van der Waals surface area contributed by atoms with Gasteiger partial charge in [-0.3, -0.25) is 14.2 Å². The lowest BCUT2D eigenvalue weighted by Gasteiger charge is -2.15. The molecule has 1 aromatic heterocycles. The van der Waals surface area contributed by atoms with E-state index >= 15 is 0 Å². The summed E-state index contributed by atoms with van der Waals surface area (Å²) in [6.45, 7) is 0.477. The van der Waals surface area contributed by atoms with Crippen molar-refractivity contribution in [3.63, 3.8) is 0 Å². The Morgan fingerprint density at radius 3 is 2.59 bits per heavy atom. The molecule has 11 heteroatoms. The van der Waals surface area contributed by atoms with Crippen molar-refractivity contribution in [2.45, 2.75) is 29.3 Å². The van der Waals surface area contributed by atoms with Crippen molar-refractivity contribution >= 4 is 29.4 Å². The fraction of sp³-hybridized carbons (Fsp3) is 0.261. The normalized spacial score (nSPS) is 12.9. The quantitative estimate of drug-likeness (QED) is 0.364. The zero-order valence-corrected chi connectivity index (χ0v) is 19.4. The number of alkyl halides is 3. The van der Waals surface area contributed by atoms with E-state index in [4.69, 9.17) is 0 Å². The number of fused-ring (bicyclic) bond motifs is 1. The number of halogens is 3. The number of amides is 1. The number of aryl methyl sites for hydroxylation is 1. The number of carbonyl (C=O) groups is 1. The molecule has 0 atom stereocenters. The summed E-state index contributed by atoms with van der Waals surface area (Å²) in [5, 5.41) is 3.17. The SMILES string of the molecule is O=C(CSc1nc2c(c(=O)n1-c1ccc(OC(F)(F)F)cc1)SCC2)NCCc1ccccc1. The van der Waals surface area contributed by atoms with E-state index in [1.807, 2.05) is 30.3 Å². The maximum Gasteiger partial charge on any atom is 0.573 e. The molecule has 178 valence electrons. The summed E-state index contributed by atoms with van der Waals surface area (Å²) in [5.41, 5.74) is 1.83. The van der Waals surface area contributed by atoms with Crippen molar-refractivity contribution in [1.29, 1.82) is 0 Å². The highest BCUT2D eigenvalue weighted by molar-refractivity contribution is 8.00. The van der Waals surface area contributed by atoms with Crippen molar-refractivity contribution in [3.05, 3.63) is 76.2 Å². The number of carbonyl (C=O) groups excluding carboxylic acids is 1. The summed E-state index contributed by atoms with van der Waals surface area (Å²) in [6, 6.07) is 14.8. The summed E-state index contributed by atoms with van der Waals surface area (Å²) >= 11 is 2.51. The molecular formula is C23H20F3N3O3S2. The molecule has 2 aromatic carbocycles. The van der Waals surface area contributed by atoms with Gasteiger partial charge in [-0.1, -0.05) is 42.1 Å². The van der Waals surface area contributed by atoms with Crippen molar-refractivity contribution in [2.75, 3.05) is 18.1 Å². The van der Waals surface area contributed by atoms with Crippen LogP contribution in [0.25, 0.3) is 5.69 Å². The zero-order chi connectivity index (χ0) is 24.1. The number of nitrogens with one attached hydrogen (secondary N) is 1. The molecular weight excluding hydrogens is 487 g/mol. The second-order valence-electron chi connectivity index (χ2n) is 7.33. The van der Waals surface area contributed by atoms with Crippen LogP contribution < -0.4 is 15.6 Å². The minimum Gasteiger partial charge on any atom is -0.406 e. The molecule has 0 saturated carbocycles. The molecule has 0 radical (unpaired) electrons. The van der Waals surface area contributed by atoms with Crippen LogP contribution in [0.4, 0.5) is 13.2 Å². The highest BCUT2D eigenvalue weighted by Crippen LogP contribution is 2.30. The van der Waals surface area contributed by atoms with Crippen LogP contribution >= 0.6 is 23.5 Å². The molecule has 4 rings (SSSR count). The minimum atomic E-state index is -4.81. The number of hydrogen-bond donors (Lipinski definition) is 1. The second kappa shape index (κ2) is 10.6. The molecule has 0 bridgehead atoms. The first-order chi connectivity index (χ1) is 16.3. The molecule has 3 aromatic rings. The van der Waals surface area contributed by atoms with Gasteiger partial charge in [0.2, 0.25) is 5.91 Å². The molecule has 2 heterocycles. The monoisotopic (exact) mass is 507 g/mol.